The van der Waals surface area contributed by atoms with Gasteiger partial charge in [0.15, 0.2) is 0 Å². The Labute approximate surface area is 99.8 Å². The Morgan fingerprint density at radius 3 is 2.38 bits per heavy atom. The molecule has 0 saturated carbocycles. The molecule has 1 unspecified atom stereocenters. The molecule has 0 bridgehead atoms. The number of hydrogen-bond acceptors (Lipinski definition) is 3. The molecule has 1 N–H and O–H groups in total. The van der Waals surface area contributed by atoms with E-state index in [9.17, 15) is 5.26 Å². The Kier molecular flexibility index (Phi) is 5.79. The van der Waals surface area contributed by atoms with Gasteiger partial charge in [-0.15, -0.1) is 0 Å². The van der Waals surface area contributed by atoms with Crippen molar-refractivity contribution in [2.75, 3.05) is 26.2 Å². The van der Waals surface area contributed by atoms with E-state index >= 15 is 0 Å². The third-order valence-corrected chi connectivity index (χ3v) is 3.25. The van der Waals surface area contributed by atoms with E-state index in [1.54, 1.807) is 0 Å². The van der Waals surface area contributed by atoms with Crippen LogP contribution >= 0.6 is 0 Å². The highest BCUT2D eigenvalue weighted by atomic mass is 15.2. The van der Waals surface area contributed by atoms with E-state index in [0.29, 0.717) is 0 Å². The smallest absolute Gasteiger partial charge is 0.116 e. The van der Waals surface area contributed by atoms with E-state index in [0.717, 1.165) is 32.6 Å². The Balaban J connectivity index is 2.44. The molecule has 1 rings (SSSR count). The fourth-order valence-corrected chi connectivity index (χ4v) is 2.27. The van der Waals surface area contributed by atoms with Crippen molar-refractivity contribution in [3.05, 3.63) is 0 Å². The van der Waals surface area contributed by atoms with Crippen LogP contribution in [0.1, 0.15) is 46.0 Å². The highest BCUT2D eigenvalue weighted by Crippen LogP contribution is 2.13. The average molecular weight is 223 g/mol. The summed E-state index contributed by atoms with van der Waals surface area (Å²) in [6.45, 7) is 8.27. The second-order valence-electron chi connectivity index (χ2n) is 5.06. The van der Waals surface area contributed by atoms with Gasteiger partial charge in [-0.05, 0) is 45.8 Å². The van der Waals surface area contributed by atoms with Crippen LogP contribution < -0.4 is 5.32 Å². The number of nitrogens with one attached hydrogen (secondary N) is 1. The molecule has 0 aromatic rings. The lowest BCUT2D eigenvalue weighted by Crippen LogP contribution is -2.50. The number of rotatable bonds is 5. The molecule has 3 heteroatoms. The molecule has 1 aliphatic rings. The first kappa shape index (κ1) is 13.5. The van der Waals surface area contributed by atoms with Gasteiger partial charge in [0, 0.05) is 6.54 Å². The van der Waals surface area contributed by atoms with Crippen LogP contribution in [0.3, 0.4) is 0 Å². The summed E-state index contributed by atoms with van der Waals surface area (Å²) in [6, 6.07) is 2.43. The Bertz CT molecular complexity index is 226. The summed E-state index contributed by atoms with van der Waals surface area (Å²) in [5, 5.41) is 12.6. The Hall–Kier alpha value is -0.590. The first-order valence-electron chi connectivity index (χ1n) is 6.59. The van der Waals surface area contributed by atoms with Crippen LogP contribution in [0.25, 0.3) is 0 Å². The van der Waals surface area contributed by atoms with Crippen LogP contribution in [0, 0.1) is 11.3 Å². The minimum atomic E-state index is -0.375. The number of likely N-dealkylation sites (tertiary alicyclic amines) is 1. The molecular formula is C13H25N3. The van der Waals surface area contributed by atoms with Crippen molar-refractivity contribution in [1.29, 1.82) is 5.26 Å². The van der Waals surface area contributed by atoms with Crippen LogP contribution in [0.5, 0.6) is 0 Å². The average Bonchev–Trinajstić information content (AvgIpc) is 2.55. The zero-order valence-corrected chi connectivity index (χ0v) is 10.8. The third kappa shape index (κ3) is 4.51. The minimum absolute atomic E-state index is 0.375. The summed E-state index contributed by atoms with van der Waals surface area (Å²) in [6.07, 6.45) is 6.35. The summed E-state index contributed by atoms with van der Waals surface area (Å²) >= 11 is 0. The molecule has 0 amide bonds. The summed E-state index contributed by atoms with van der Waals surface area (Å²) in [7, 11) is 0. The molecule has 0 aliphatic carbocycles. The first-order valence-corrected chi connectivity index (χ1v) is 6.59. The number of nitriles is 1. The summed E-state index contributed by atoms with van der Waals surface area (Å²) < 4.78 is 0. The monoisotopic (exact) mass is 223 g/mol. The van der Waals surface area contributed by atoms with E-state index in [1.165, 1.54) is 25.7 Å². The standard InChI is InChI=1S/C13H25N3/c1-3-8-15-13(2,11-14)12-16-9-6-4-5-7-10-16/h15H,3-10,12H2,1-2H3. The van der Waals surface area contributed by atoms with E-state index < -0.39 is 0 Å². The second kappa shape index (κ2) is 6.88. The Morgan fingerprint density at radius 1 is 1.25 bits per heavy atom. The van der Waals surface area contributed by atoms with E-state index in [2.05, 4.69) is 23.2 Å². The van der Waals surface area contributed by atoms with Crippen LogP contribution in [0.15, 0.2) is 0 Å². The molecule has 16 heavy (non-hydrogen) atoms. The van der Waals surface area contributed by atoms with Crippen molar-refractivity contribution in [3.8, 4) is 6.07 Å². The van der Waals surface area contributed by atoms with Gasteiger partial charge < -0.3 is 4.90 Å². The van der Waals surface area contributed by atoms with Gasteiger partial charge in [-0.25, -0.2) is 0 Å². The third-order valence-electron chi connectivity index (χ3n) is 3.25. The molecule has 1 saturated heterocycles. The van der Waals surface area contributed by atoms with Crippen molar-refractivity contribution in [1.82, 2.24) is 10.2 Å². The summed E-state index contributed by atoms with van der Waals surface area (Å²) in [5.74, 6) is 0. The van der Waals surface area contributed by atoms with Gasteiger partial charge in [0.1, 0.15) is 5.54 Å². The van der Waals surface area contributed by atoms with Crippen molar-refractivity contribution in [2.45, 2.75) is 51.5 Å². The number of hydrogen-bond donors (Lipinski definition) is 1. The maximum Gasteiger partial charge on any atom is 0.116 e. The lowest BCUT2D eigenvalue weighted by Gasteiger charge is -2.30. The highest BCUT2D eigenvalue weighted by molar-refractivity contribution is 5.05. The van der Waals surface area contributed by atoms with Gasteiger partial charge in [-0.1, -0.05) is 19.8 Å². The van der Waals surface area contributed by atoms with Crippen molar-refractivity contribution >= 4 is 0 Å². The predicted molar refractivity (Wildman–Crippen MR) is 67.2 cm³/mol. The summed E-state index contributed by atoms with van der Waals surface area (Å²) in [5.41, 5.74) is -0.375. The van der Waals surface area contributed by atoms with Crippen LogP contribution in [-0.4, -0.2) is 36.6 Å². The SMILES string of the molecule is CCCNC(C)(C#N)CN1CCCCCC1. The molecule has 3 nitrogen and oxygen atoms in total. The maximum absolute atomic E-state index is 9.27. The molecule has 1 aliphatic heterocycles. The van der Waals surface area contributed by atoms with E-state index in [4.69, 9.17) is 0 Å². The van der Waals surface area contributed by atoms with Gasteiger partial charge in [-0.2, -0.15) is 5.26 Å². The van der Waals surface area contributed by atoms with Gasteiger partial charge >= 0.3 is 0 Å². The molecule has 0 aromatic heterocycles. The minimum Gasteiger partial charge on any atom is -0.300 e. The fraction of sp³-hybridized carbons (Fsp3) is 0.923. The quantitative estimate of drug-likeness (QED) is 0.776. The second-order valence-corrected chi connectivity index (χ2v) is 5.06. The van der Waals surface area contributed by atoms with Gasteiger partial charge in [0.05, 0.1) is 6.07 Å². The highest BCUT2D eigenvalue weighted by Gasteiger charge is 2.26. The van der Waals surface area contributed by atoms with Gasteiger partial charge in [-0.3, -0.25) is 5.32 Å². The normalized spacial score (nSPS) is 22.1. The van der Waals surface area contributed by atoms with Crippen LogP contribution in [0.2, 0.25) is 0 Å². The lowest BCUT2D eigenvalue weighted by atomic mass is 10.0. The van der Waals surface area contributed by atoms with Crippen LogP contribution in [0.4, 0.5) is 0 Å². The fourth-order valence-electron chi connectivity index (χ4n) is 2.27. The molecule has 0 aromatic carbocycles. The summed E-state index contributed by atoms with van der Waals surface area (Å²) in [4.78, 5) is 2.44. The lowest BCUT2D eigenvalue weighted by molar-refractivity contribution is 0.227. The molecule has 1 heterocycles. The van der Waals surface area contributed by atoms with Crippen molar-refractivity contribution < 1.29 is 0 Å². The van der Waals surface area contributed by atoms with E-state index in [-0.39, 0.29) is 5.54 Å². The number of nitrogens with zero attached hydrogens (tertiary/aromatic N) is 2. The molecule has 1 fully saturated rings. The zero-order chi connectivity index (χ0) is 11.9. The molecule has 0 radical (unpaired) electrons. The topological polar surface area (TPSA) is 39.1 Å². The molecule has 0 spiro atoms. The van der Waals surface area contributed by atoms with Gasteiger partial charge in [0.25, 0.3) is 0 Å². The first-order chi connectivity index (χ1) is 7.70. The van der Waals surface area contributed by atoms with Crippen molar-refractivity contribution in [3.63, 3.8) is 0 Å². The Morgan fingerprint density at radius 2 is 1.88 bits per heavy atom. The van der Waals surface area contributed by atoms with Gasteiger partial charge in [0.2, 0.25) is 0 Å². The van der Waals surface area contributed by atoms with Crippen molar-refractivity contribution in [2.24, 2.45) is 0 Å². The largest absolute Gasteiger partial charge is 0.300 e. The molecule has 1 atom stereocenters. The molecule has 92 valence electrons. The maximum atomic E-state index is 9.27. The zero-order valence-electron chi connectivity index (χ0n) is 10.8. The van der Waals surface area contributed by atoms with E-state index in [1.807, 2.05) is 6.92 Å². The predicted octanol–water partition coefficient (Wildman–Crippen LogP) is 2.14. The molecular weight excluding hydrogens is 198 g/mol. The van der Waals surface area contributed by atoms with Crippen LogP contribution in [-0.2, 0) is 0 Å².